The van der Waals surface area contributed by atoms with Gasteiger partial charge in [-0.2, -0.15) is 0 Å². The second-order valence-electron chi connectivity index (χ2n) is 10.8. The molecule has 0 unspecified atom stereocenters. The van der Waals surface area contributed by atoms with E-state index in [1.54, 1.807) is 25.3 Å². The molecule has 1 N–H and O–H groups in total. The standard InChI is InChI=1S/C33H30N2O10/c1-38-18-7-5-16(6-8-18)23-13-22(35-45-23)32(36)34-30-20-12-25-24(43-15-44-25)11-19(20)28(29-21(30)14-42-33(29)37)17-9-26(39-2)31(41-4)27(10-17)40-3/h5-13,21,28-30H,14-15H2,1-4H3,(H,34,36)/t21-,28+,29-,30+/m0/s1. The van der Waals surface area contributed by atoms with Gasteiger partial charge in [0.15, 0.2) is 34.5 Å². The molecule has 45 heavy (non-hydrogen) atoms. The predicted octanol–water partition coefficient (Wildman–Crippen LogP) is 4.51. The highest BCUT2D eigenvalue weighted by molar-refractivity contribution is 5.93. The number of carbonyl (C=O) groups is 2. The fourth-order valence-electron chi connectivity index (χ4n) is 6.52. The fourth-order valence-corrected chi connectivity index (χ4v) is 6.52. The van der Waals surface area contributed by atoms with Gasteiger partial charge in [0.05, 0.1) is 47.0 Å². The summed E-state index contributed by atoms with van der Waals surface area (Å²) in [7, 11) is 6.19. The molecule has 2 aliphatic heterocycles. The lowest BCUT2D eigenvalue weighted by Gasteiger charge is -2.39. The predicted molar refractivity (Wildman–Crippen MR) is 157 cm³/mol. The van der Waals surface area contributed by atoms with Gasteiger partial charge in [0.2, 0.25) is 12.5 Å². The zero-order valence-corrected chi connectivity index (χ0v) is 24.9. The van der Waals surface area contributed by atoms with Gasteiger partial charge in [-0.15, -0.1) is 0 Å². The van der Waals surface area contributed by atoms with Crippen LogP contribution in [0.4, 0.5) is 0 Å². The average Bonchev–Trinajstić information content (AvgIpc) is 3.84. The van der Waals surface area contributed by atoms with Gasteiger partial charge >= 0.3 is 5.97 Å². The first kappa shape index (κ1) is 28.4. The van der Waals surface area contributed by atoms with Gasteiger partial charge in [0.25, 0.3) is 5.91 Å². The number of benzene rings is 3. The normalized spacial score (nSPS) is 20.9. The van der Waals surface area contributed by atoms with Gasteiger partial charge < -0.3 is 43.0 Å². The number of fused-ring (bicyclic) bond motifs is 3. The summed E-state index contributed by atoms with van der Waals surface area (Å²) in [5.74, 6) is 1.18. The highest BCUT2D eigenvalue weighted by Crippen LogP contribution is 2.55. The maximum Gasteiger partial charge on any atom is 0.310 e. The van der Waals surface area contributed by atoms with Crippen LogP contribution in [-0.4, -0.2) is 58.9 Å². The van der Waals surface area contributed by atoms with E-state index in [0.29, 0.717) is 40.3 Å². The van der Waals surface area contributed by atoms with Crippen LogP contribution in [0.2, 0.25) is 0 Å². The van der Waals surface area contributed by atoms with E-state index in [2.05, 4.69) is 10.5 Å². The van der Waals surface area contributed by atoms with Crippen LogP contribution < -0.4 is 33.7 Å². The van der Waals surface area contributed by atoms with Gasteiger partial charge in [0.1, 0.15) is 5.75 Å². The van der Waals surface area contributed by atoms with E-state index in [1.807, 2.05) is 36.4 Å². The van der Waals surface area contributed by atoms with Crippen LogP contribution in [0, 0.1) is 11.8 Å². The van der Waals surface area contributed by atoms with Crippen LogP contribution in [0.25, 0.3) is 11.3 Å². The lowest BCUT2D eigenvalue weighted by atomic mass is 9.65. The van der Waals surface area contributed by atoms with Crippen molar-refractivity contribution in [2.24, 2.45) is 11.8 Å². The highest BCUT2D eigenvalue weighted by Gasteiger charge is 2.53. The minimum atomic E-state index is -0.641. The summed E-state index contributed by atoms with van der Waals surface area (Å²) in [5, 5.41) is 7.14. The van der Waals surface area contributed by atoms with Crippen LogP contribution in [0.3, 0.4) is 0 Å². The molecular weight excluding hydrogens is 584 g/mol. The van der Waals surface area contributed by atoms with Crippen LogP contribution in [0.5, 0.6) is 34.5 Å². The van der Waals surface area contributed by atoms with Gasteiger partial charge in [0, 0.05) is 23.5 Å². The number of nitrogens with one attached hydrogen (secondary N) is 1. The zero-order valence-electron chi connectivity index (χ0n) is 24.9. The molecule has 1 amide bonds. The molecule has 0 bridgehead atoms. The van der Waals surface area contributed by atoms with Crippen molar-refractivity contribution in [1.29, 1.82) is 0 Å². The number of ether oxygens (including phenoxy) is 7. The van der Waals surface area contributed by atoms with Gasteiger partial charge in [-0.1, -0.05) is 5.16 Å². The summed E-state index contributed by atoms with van der Waals surface area (Å²) < 4.78 is 44.6. The third-order valence-electron chi connectivity index (χ3n) is 8.64. The van der Waals surface area contributed by atoms with E-state index in [4.69, 9.17) is 37.7 Å². The van der Waals surface area contributed by atoms with Crippen molar-refractivity contribution in [2.75, 3.05) is 41.8 Å². The number of aromatic nitrogens is 1. The molecular formula is C33H30N2O10. The van der Waals surface area contributed by atoms with Crippen molar-refractivity contribution in [3.05, 3.63) is 77.0 Å². The Morgan fingerprint density at radius 2 is 1.53 bits per heavy atom. The molecule has 3 aromatic carbocycles. The summed E-state index contributed by atoms with van der Waals surface area (Å²) in [4.78, 5) is 27.1. The molecule has 232 valence electrons. The Kier molecular flexibility index (Phi) is 7.11. The second kappa shape index (κ2) is 11.3. The highest BCUT2D eigenvalue weighted by atomic mass is 16.7. The fraction of sp³-hybridized carbons (Fsp3) is 0.303. The number of amides is 1. The minimum Gasteiger partial charge on any atom is -0.497 e. The Bertz CT molecular complexity index is 1760. The van der Waals surface area contributed by atoms with Crippen LogP contribution in [-0.2, 0) is 9.53 Å². The van der Waals surface area contributed by atoms with Gasteiger partial charge in [-0.3, -0.25) is 9.59 Å². The molecule has 0 spiro atoms. The molecule has 3 aliphatic rings. The van der Waals surface area contributed by atoms with E-state index in [0.717, 1.165) is 22.3 Å². The number of nitrogens with zero attached hydrogens (tertiary/aromatic N) is 1. The number of methoxy groups -OCH3 is 4. The molecule has 12 nitrogen and oxygen atoms in total. The molecule has 0 saturated carbocycles. The summed E-state index contributed by atoms with van der Waals surface area (Å²) in [6.45, 7) is 0.172. The van der Waals surface area contributed by atoms with Gasteiger partial charge in [-0.25, -0.2) is 0 Å². The number of esters is 1. The SMILES string of the molecule is COc1ccc(-c2cc(C(=O)N[C@@H]3c4cc5c(cc4[C@@H](c4cc(OC)c(OC)c(OC)c4)[C@H]4C(=O)OC[C@@H]43)OCO5)no2)cc1. The molecule has 3 heterocycles. The number of hydrogen-bond acceptors (Lipinski definition) is 11. The molecule has 12 heteroatoms. The summed E-state index contributed by atoms with van der Waals surface area (Å²) in [6.07, 6.45) is 0. The van der Waals surface area contributed by atoms with E-state index < -0.39 is 29.7 Å². The molecule has 1 saturated heterocycles. The van der Waals surface area contributed by atoms with E-state index in [1.165, 1.54) is 21.3 Å². The Morgan fingerprint density at radius 3 is 2.18 bits per heavy atom. The first-order chi connectivity index (χ1) is 21.9. The van der Waals surface area contributed by atoms with Crippen LogP contribution in [0.1, 0.15) is 39.1 Å². The molecule has 0 radical (unpaired) electrons. The van der Waals surface area contributed by atoms with Crippen molar-refractivity contribution in [1.82, 2.24) is 10.5 Å². The Hall–Kier alpha value is -5.39. The van der Waals surface area contributed by atoms with Crippen molar-refractivity contribution >= 4 is 11.9 Å². The molecule has 4 atom stereocenters. The molecule has 1 aliphatic carbocycles. The van der Waals surface area contributed by atoms with Crippen molar-refractivity contribution in [3.63, 3.8) is 0 Å². The van der Waals surface area contributed by atoms with Crippen molar-refractivity contribution in [2.45, 2.75) is 12.0 Å². The summed E-state index contributed by atoms with van der Waals surface area (Å²) in [5.41, 5.74) is 3.13. The van der Waals surface area contributed by atoms with E-state index >= 15 is 0 Å². The first-order valence-electron chi connectivity index (χ1n) is 14.3. The Labute approximate surface area is 258 Å². The maximum atomic E-state index is 13.7. The molecule has 4 aromatic rings. The minimum absolute atomic E-state index is 0.0616. The summed E-state index contributed by atoms with van der Waals surface area (Å²) in [6, 6.07) is 15.6. The van der Waals surface area contributed by atoms with E-state index in [-0.39, 0.29) is 25.1 Å². The average molecular weight is 615 g/mol. The largest absolute Gasteiger partial charge is 0.497 e. The number of carbonyl (C=O) groups excluding carboxylic acids is 2. The third kappa shape index (κ3) is 4.73. The number of hydrogen-bond donors (Lipinski definition) is 1. The molecule has 7 rings (SSSR count). The van der Waals surface area contributed by atoms with Crippen molar-refractivity contribution < 1.29 is 47.3 Å². The van der Waals surface area contributed by atoms with Gasteiger partial charge in [-0.05, 0) is 65.2 Å². The lowest BCUT2D eigenvalue weighted by molar-refractivity contribution is -0.141. The van der Waals surface area contributed by atoms with Crippen LogP contribution >= 0.6 is 0 Å². The second-order valence-corrected chi connectivity index (χ2v) is 10.8. The van der Waals surface area contributed by atoms with Crippen LogP contribution in [0.15, 0.2) is 59.1 Å². The third-order valence-corrected chi connectivity index (χ3v) is 8.64. The number of cyclic esters (lactones) is 1. The summed E-state index contributed by atoms with van der Waals surface area (Å²) >= 11 is 0. The smallest absolute Gasteiger partial charge is 0.310 e. The Balaban J connectivity index is 1.29. The number of rotatable bonds is 8. The first-order valence-corrected chi connectivity index (χ1v) is 14.3. The molecule has 1 fully saturated rings. The lowest BCUT2D eigenvalue weighted by Crippen LogP contribution is -2.43. The van der Waals surface area contributed by atoms with Crippen molar-refractivity contribution in [3.8, 4) is 45.8 Å². The maximum absolute atomic E-state index is 13.7. The Morgan fingerprint density at radius 1 is 0.844 bits per heavy atom. The quantitative estimate of drug-likeness (QED) is 0.281. The topological polar surface area (TPSA) is 137 Å². The van der Waals surface area contributed by atoms with E-state index in [9.17, 15) is 9.59 Å². The monoisotopic (exact) mass is 614 g/mol. The zero-order chi connectivity index (χ0) is 31.2. The molecule has 1 aromatic heterocycles.